The number of H-pyrrole nitrogens is 1. The first kappa shape index (κ1) is 25.0. The maximum absolute atomic E-state index is 14.5. The van der Waals surface area contributed by atoms with Gasteiger partial charge in [0, 0.05) is 24.7 Å². The van der Waals surface area contributed by atoms with Gasteiger partial charge in [0.05, 0.1) is 35.8 Å². The summed E-state index contributed by atoms with van der Waals surface area (Å²) in [4.78, 5) is 37.5. The maximum Gasteiger partial charge on any atom is 0.416 e. The number of likely N-dealkylation sites (tertiary alicyclic amines) is 1. The molecule has 1 aliphatic carbocycles. The Morgan fingerprint density at radius 2 is 1.97 bits per heavy atom. The van der Waals surface area contributed by atoms with Crippen molar-refractivity contribution >= 4 is 22.8 Å². The molecule has 2 atom stereocenters. The molecule has 5 rings (SSSR count). The lowest BCUT2D eigenvalue weighted by Crippen LogP contribution is -2.41. The zero-order valence-electron chi connectivity index (χ0n) is 20.2. The summed E-state index contributed by atoms with van der Waals surface area (Å²) in [7, 11) is 0. The van der Waals surface area contributed by atoms with Gasteiger partial charge < -0.3 is 19.9 Å². The molecular weight excluding hydrogens is 494 g/mol. The highest BCUT2D eigenvalue weighted by Crippen LogP contribution is 2.40. The van der Waals surface area contributed by atoms with Gasteiger partial charge in [-0.1, -0.05) is 0 Å². The molecule has 3 heterocycles. The number of aryl methyl sites for hydroxylation is 1. The van der Waals surface area contributed by atoms with Crippen LogP contribution < -0.4 is 10.1 Å². The fourth-order valence-electron chi connectivity index (χ4n) is 4.51. The Hall–Kier alpha value is -3.70. The van der Waals surface area contributed by atoms with Crippen LogP contribution in [-0.4, -0.2) is 63.6 Å². The molecule has 1 aliphatic heterocycles. The molecule has 37 heavy (non-hydrogen) atoms. The van der Waals surface area contributed by atoms with Crippen LogP contribution in [0.3, 0.4) is 0 Å². The molecule has 3 aromatic rings. The van der Waals surface area contributed by atoms with E-state index in [2.05, 4.69) is 20.3 Å². The number of ether oxygens (including phenoxy) is 1. The molecule has 196 valence electrons. The summed E-state index contributed by atoms with van der Waals surface area (Å²) in [6, 6.07) is 2.32. The van der Waals surface area contributed by atoms with Crippen molar-refractivity contribution in [3.05, 3.63) is 41.3 Å². The number of carbonyl (C=O) groups is 2. The zero-order chi connectivity index (χ0) is 26.5. The lowest BCUT2D eigenvalue weighted by atomic mass is 10.0. The van der Waals surface area contributed by atoms with Crippen LogP contribution in [0.25, 0.3) is 22.3 Å². The second-order valence-corrected chi connectivity index (χ2v) is 9.55. The third kappa shape index (κ3) is 4.96. The van der Waals surface area contributed by atoms with Crippen LogP contribution in [0.4, 0.5) is 17.6 Å². The predicted molar refractivity (Wildman–Crippen MR) is 126 cm³/mol. The van der Waals surface area contributed by atoms with Crippen molar-refractivity contribution in [3.63, 3.8) is 0 Å². The molecule has 1 saturated heterocycles. The summed E-state index contributed by atoms with van der Waals surface area (Å²) < 4.78 is 60.9. The average molecular weight is 519 g/mol. The Labute approximate surface area is 209 Å². The molecule has 1 saturated carbocycles. The van der Waals surface area contributed by atoms with Gasteiger partial charge in [0.25, 0.3) is 5.91 Å². The number of aromatic nitrogens is 3. The Morgan fingerprint density at radius 3 is 2.62 bits per heavy atom. The highest BCUT2D eigenvalue weighted by atomic mass is 19.4. The first-order chi connectivity index (χ1) is 17.5. The molecule has 0 unspecified atom stereocenters. The van der Waals surface area contributed by atoms with Crippen molar-refractivity contribution in [1.82, 2.24) is 25.2 Å². The highest BCUT2D eigenvalue weighted by Gasteiger charge is 2.36. The molecule has 0 radical (unpaired) electrons. The van der Waals surface area contributed by atoms with Gasteiger partial charge in [-0.2, -0.15) is 13.2 Å². The quantitative estimate of drug-likeness (QED) is 0.479. The first-order valence-electron chi connectivity index (χ1n) is 11.9. The van der Waals surface area contributed by atoms with E-state index in [1.807, 2.05) is 0 Å². The highest BCUT2D eigenvalue weighted by molar-refractivity contribution is 6.09. The molecule has 1 aromatic carbocycles. The molecule has 8 nitrogen and oxygen atoms in total. The molecular formula is C25H25F4N5O3. The second-order valence-electron chi connectivity index (χ2n) is 9.55. The van der Waals surface area contributed by atoms with E-state index in [1.165, 1.54) is 17.9 Å². The van der Waals surface area contributed by atoms with Gasteiger partial charge >= 0.3 is 6.18 Å². The van der Waals surface area contributed by atoms with Gasteiger partial charge in [0.15, 0.2) is 0 Å². The largest absolute Gasteiger partial charge is 0.493 e. The minimum atomic E-state index is -4.58. The molecule has 2 aliphatic rings. The number of amides is 2. The summed E-state index contributed by atoms with van der Waals surface area (Å²) in [6.07, 6.45) is -2.83. The first-order valence-corrected chi connectivity index (χ1v) is 11.9. The predicted octanol–water partition coefficient (Wildman–Crippen LogP) is 4.04. The average Bonchev–Trinajstić information content (AvgIpc) is 3.50. The molecule has 2 N–H and O–H groups in total. The molecule has 0 spiro atoms. The van der Waals surface area contributed by atoms with E-state index in [-0.39, 0.29) is 52.6 Å². The Morgan fingerprint density at radius 1 is 1.22 bits per heavy atom. The Balaban J connectivity index is 1.52. The van der Waals surface area contributed by atoms with Gasteiger partial charge in [-0.15, -0.1) is 0 Å². The van der Waals surface area contributed by atoms with Crippen molar-refractivity contribution < 1.29 is 31.9 Å². The normalized spacial score (nSPS) is 19.9. The third-order valence-electron chi connectivity index (χ3n) is 6.74. The monoisotopic (exact) mass is 519 g/mol. The summed E-state index contributed by atoms with van der Waals surface area (Å²) in [5.41, 5.74) is 0.359. The Kier molecular flexibility index (Phi) is 6.28. The molecule has 2 amide bonds. The molecule has 2 aromatic heterocycles. The zero-order valence-corrected chi connectivity index (χ0v) is 20.2. The topological polar surface area (TPSA) is 100 Å². The minimum Gasteiger partial charge on any atom is -0.493 e. The smallest absolute Gasteiger partial charge is 0.416 e. The van der Waals surface area contributed by atoms with Crippen molar-refractivity contribution in [2.24, 2.45) is 5.92 Å². The number of alkyl halides is 4. The lowest BCUT2D eigenvalue weighted by molar-refractivity contribution is -0.137. The van der Waals surface area contributed by atoms with E-state index in [0.717, 1.165) is 31.3 Å². The van der Waals surface area contributed by atoms with E-state index in [0.29, 0.717) is 18.2 Å². The minimum absolute atomic E-state index is 0.0375. The number of hydrogen-bond acceptors (Lipinski definition) is 5. The van der Waals surface area contributed by atoms with Gasteiger partial charge in [-0.25, -0.2) is 14.4 Å². The number of carbonyl (C=O) groups excluding carboxylic acids is 2. The van der Waals surface area contributed by atoms with Crippen molar-refractivity contribution in [1.29, 1.82) is 0 Å². The van der Waals surface area contributed by atoms with Crippen LogP contribution in [0, 0.1) is 12.8 Å². The van der Waals surface area contributed by atoms with Gasteiger partial charge in [-0.3, -0.25) is 9.59 Å². The van der Waals surface area contributed by atoms with Crippen molar-refractivity contribution in [2.75, 3.05) is 19.7 Å². The van der Waals surface area contributed by atoms with Crippen molar-refractivity contribution in [2.45, 2.75) is 45.1 Å². The number of nitrogens with one attached hydrogen (secondary N) is 2. The Bertz CT molecular complexity index is 1370. The number of halogens is 4. The van der Waals surface area contributed by atoms with E-state index in [1.54, 1.807) is 6.92 Å². The molecule has 0 bridgehead atoms. The van der Waals surface area contributed by atoms with E-state index in [9.17, 15) is 27.2 Å². The SMILES string of the molecule is CC(=O)N1C[C@H](NC(=O)c2c(C)[nH]c3c(-c4cc(C(F)(F)F)ccc4OCC4CC4)ncnc23)[C@@H](F)C1. The van der Waals surface area contributed by atoms with Crippen LogP contribution in [0.2, 0.25) is 0 Å². The van der Waals surface area contributed by atoms with Gasteiger partial charge in [0.2, 0.25) is 5.91 Å². The van der Waals surface area contributed by atoms with E-state index < -0.39 is 29.9 Å². The number of hydrogen-bond donors (Lipinski definition) is 2. The fourth-order valence-corrected chi connectivity index (χ4v) is 4.51. The van der Waals surface area contributed by atoms with E-state index >= 15 is 0 Å². The fraction of sp³-hybridized carbons (Fsp3) is 0.440. The summed E-state index contributed by atoms with van der Waals surface area (Å²) in [5.74, 6) is -0.285. The van der Waals surface area contributed by atoms with Crippen LogP contribution in [-0.2, 0) is 11.0 Å². The number of rotatable bonds is 6. The summed E-state index contributed by atoms with van der Waals surface area (Å²) in [6.45, 7) is 3.25. The van der Waals surface area contributed by atoms with Gasteiger partial charge in [0.1, 0.15) is 29.5 Å². The number of nitrogens with zero attached hydrogens (tertiary/aromatic N) is 3. The summed E-state index contributed by atoms with van der Waals surface area (Å²) >= 11 is 0. The van der Waals surface area contributed by atoms with Gasteiger partial charge in [-0.05, 0) is 43.9 Å². The molecule has 12 heteroatoms. The standard InChI is InChI=1S/C25H25F4N5O3/c1-12-20(24(36)33-18-9-34(13(2)35)8-17(18)26)22-23(32-12)21(30-11-31-22)16-7-15(25(27,28)29)5-6-19(16)37-10-14-3-4-14/h5-7,11,14,17-18,32H,3-4,8-10H2,1-2H3,(H,33,36)/t17-,18-/m0/s1. The lowest BCUT2D eigenvalue weighted by Gasteiger charge is -2.15. The van der Waals surface area contributed by atoms with Crippen LogP contribution >= 0.6 is 0 Å². The maximum atomic E-state index is 14.5. The number of fused-ring (bicyclic) bond motifs is 1. The summed E-state index contributed by atoms with van der Waals surface area (Å²) in [5, 5.41) is 2.63. The molecule has 2 fully saturated rings. The number of aromatic amines is 1. The van der Waals surface area contributed by atoms with E-state index in [4.69, 9.17) is 4.74 Å². The van der Waals surface area contributed by atoms with Crippen LogP contribution in [0.5, 0.6) is 5.75 Å². The second kappa shape index (κ2) is 9.31. The van der Waals surface area contributed by atoms with Crippen molar-refractivity contribution in [3.8, 4) is 17.0 Å². The van der Waals surface area contributed by atoms with Crippen LogP contribution in [0.15, 0.2) is 24.5 Å². The number of benzene rings is 1. The van der Waals surface area contributed by atoms with Crippen LogP contribution in [0.1, 0.15) is 41.4 Å². The third-order valence-corrected chi connectivity index (χ3v) is 6.74.